The number of aryl methyl sites for hydroxylation is 2. The van der Waals surface area contributed by atoms with E-state index in [0.29, 0.717) is 17.0 Å². The van der Waals surface area contributed by atoms with Gasteiger partial charge in [-0.1, -0.05) is 42.5 Å². The van der Waals surface area contributed by atoms with Gasteiger partial charge in [-0.25, -0.2) is 4.68 Å². The van der Waals surface area contributed by atoms with Gasteiger partial charge in [0.2, 0.25) is 5.91 Å². The zero-order valence-electron chi connectivity index (χ0n) is 16.6. The lowest BCUT2D eigenvalue weighted by Gasteiger charge is -2.33. The maximum absolute atomic E-state index is 13.0. The van der Waals surface area contributed by atoms with Crippen LogP contribution in [0.3, 0.4) is 0 Å². The van der Waals surface area contributed by atoms with Crippen molar-refractivity contribution in [1.82, 2.24) is 15.1 Å². The fourth-order valence-corrected chi connectivity index (χ4v) is 5.00. The third kappa shape index (κ3) is 3.15. The SMILES string of the molecule is Cn1nc(CC(=O)NC2(C3CCCc4ccccc43)CC2)c2ccccc2c1=O. The number of hydrogen-bond donors (Lipinski definition) is 1. The number of carbonyl (C=O) groups is 1. The van der Waals surface area contributed by atoms with Gasteiger partial charge in [-0.15, -0.1) is 0 Å². The standard InChI is InChI=1S/C24H25N3O2/c1-27-23(29)19-11-5-4-10-18(19)21(26-27)15-22(28)25-24(13-14-24)20-12-6-8-16-7-2-3-9-17(16)20/h2-5,7,9-11,20H,6,8,12-15H2,1H3,(H,25,28). The topological polar surface area (TPSA) is 64.0 Å². The molecule has 0 aliphatic heterocycles. The van der Waals surface area contributed by atoms with Crippen LogP contribution in [0, 0.1) is 0 Å². The van der Waals surface area contributed by atoms with E-state index < -0.39 is 0 Å². The monoisotopic (exact) mass is 387 g/mol. The zero-order chi connectivity index (χ0) is 20.0. The summed E-state index contributed by atoms with van der Waals surface area (Å²) in [5, 5.41) is 9.11. The molecule has 5 heteroatoms. The number of aromatic nitrogens is 2. The van der Waals surface area contributed by atoms with Gasteiger partial charge in [0.1, 0.15) is 0 Å². The fraction of sp³-hybridized carbons (Fsp3) is 0.375. The van der Waals surface area contributed by atoms with Gasteiger partial charge in [0.15, 0.2) is 0 Å². The number of rotatable bonds is 4. The highest BCUT2D eigenvalue weighted by molar-refractivity contribution is 5.88. The van der Waals surface area contributed by atoms with Crippen molar-refractivity contribution in [1.29, 1.82) is 0 Å². The van der Waals surface area contributed by atoms with Gasteiger partial charge in [-0.05, 0) is 49.3 Å². The number of nitrogens with one attached hydrogen (secondary N) is 1. The Morgan fingerprint density at radius 3 is 2.66 bits per heavy atom. The maximum Gasteiger partial charge on any atom is 0.274 e. The minimum Gasteiger partial charge on any atom is -0.350 e. The second kappa shape index (κ2) is 6.83. The van der Waals surface area contributed by atoms with Crippen LogP contribution >= 0.6 is 0 Å². The summed E-state index contributed by atoms with van der Waals surface area (Å²) in [6.45, 7) is 0. The van der Waals surface area contributed by atoms with E-state index in [9.17, 15) is 9.59 Å². The molecule has 3 aromatic rings. The molecule has 1 unspecified atom stereocenters. The Morgan fingerprint density at radius 1 is 1.14 bits per heavy atom. The van der Waals surface area contributed by atoms with Crippen LogP contribution in [0.25, 0.3) is 10.8 Å². The Kier molecular flexibility index (Phi) is 4.26. The number of carbonyl (C=O) groups excluding carboxylic acids is 1. The molecular weight excluding hydrogens is 362 g/mol. The van der Waals surface area contributed by atoms with E-state index in [1.165, 1.54) is 22.2 Å². The van der Waals surface area contributed by atoms with Gasteiger partial charge in [-0.3, -0.25) is 9.59 Å². The van der Waals surface area contributed by atoms with E-state index in [1.807, 2.05) is 18.2 Å². The quantitative estimate of drug-likeness (QED) is 0.747. The molecular formula is C24H25N3O2. The Morgan fingerprint density at radius 2 is 1.86 bits per heavy atom. The summed E-state index contributed by atoms with van der Waals surface area (Å²) in [7, 11) is 1.64. The summed E-state index contributed by atoms with van der Waals surface area (Å²) in [4.78, 5) is 25.4. The average Bonchev–Trinajstić information content (AvgIpc) is 3.51. The van der Waals surface area contributed by atoms with E-state index in [1.54, 1.807) is 13.1 Å². The molecule has 2 aliphatic rings. The highest BCUT2D eigenvalue weighted by Crippen LogP contribution is 2.52. The molecule has 0 radical (unpaired) electrons. The Labute approximate surface area is 169 Å². The van der Waals surface area contributed by atoms with Crippen LogP contribution in [0.1, 0.15) is 48.4 Å². The molecule has 2 aliphatic carbocycles. The normalized spacial score (nSPS) is 19.6. The van der Waals surface area contributed by atoms with Gasteiger partial charge in [-0.2, -0.15) is 5.10 Å². The molecule has 0 bridgehead atoms. The lowest BCUT2D eigenvalue weighted by atomic mass is 9.77. The number of amides is 1. The highest BCUT2D eigenvalue weighted by Gasteiger charge is 2.51. The maximum atomic E-state index is 13.0. The van der Waals surface area contributed by atoms with Crippen molar-refractivity contribution in [2.24, 2.45) is 7.05 Å². The molecule has 2 aromatic carbocycles. The summed E-state index contributed by atoms with van der Waals surface area (Å²) in [5.41, 5.74) is 3.23. The van der Waals surface area contributed by atoms with Crippen LogP contribution in [0.2, 0.25) is 0 Å². The molecule has 1 saturated carbocycles. The molecule has 0 saturated heterocycles. The fourth-order valence-electron chi connectivity index (χ4n) is 5.00. The predicted molar refractivity (Wildman–Crippen MR) is 113 cm³/mol. The van der Waals surface area contributed by atoms with Crippen LogP contribution < -0.4 is 10.9 Å². The van der Waals surface area contributed by atoms with Gasteiger partial charge < -0.3 is 5.32 Å². The van der Waals surface area contributed by atoms with Crippen LogP contribution in [0.15, 0.2) is 53.3 Å². The number of hydrogen-bond acceptors (Lipinski definition) is 3. The molecule has 148 valence electrons. The van der Waals surface area contributed by atoms with Gasteiger partial charge >= 0.3 is 0 Å². The number of nitrogens with zero attached hydrogens (tertiary/aromatic N) is 2. The Balaban J connectivity index is 1.41. The van der Waals surface area contributed by atoms with Crippen molar-refractivity contribution in [2.45, 2.75) is 50.0 Å². The van der Waals surface area contributed by atoms with E-state index in [4.69, 9.17) is 0 Å². The molecule has 5 nitrogen and oxygen atoms in total. The molecule has 1 amide bonds. The first-order valence-electron chi connectivity index (χ1n) is 10.4. The Bertz CT molecular complexity index is 1160. The molecule has 0 spiro atoms. The van der Waals surface area contributed by atoms with Crippen LogP contribution in [0.5, 0.6) is 0 Å². The second-order valence-electron chi connectivity index (χ2n) is 8.45. The molecule has 1 N–H and O–H groups in total. The van der Waals surface area contributed by atoms with Crippen LogP contribution in [-0.4, -0.2) is 21.2 Å². The highest BCUT2D eigenvalue weighted by atomic mass is 16.2. The van der Waals surface area contributed by atoms with Crippen molar-refractivity contribution in [3.8, 4) is 0 Å². The molecule has 1 aromatic heterocycles. The van der Waals surface area contributed by atoms with Crippen molar-refractivity contribution in [2.75, 3.05) is 0 Å². The van der Waals surface area contributed by atoms with E-state index in [-0.39, 0.29) is 23.4 Å². The van der Waals surface area contributed by atoms with E-state index >= 15 is 0 Å². The lowest BCUT2D eigenvalue weighted by Crippen LogP contribution is -2.43. The van der Waals surface area contributed by atoms with Gasteiger partial charge in [0.25, 0.3) is 5.56 Å². The van der Waals surface area contributed by atoms with Crippen molar-refractivity contribution >= 4 is 16.7 Å². The average molecular weight is 387 g/mol. The molecule has 5 rings (SSSR count). The molecule has 1 fully saturated rings. The lowest BCUT2D eigenvalue weighted by molar-refractivity contribution is -0.121. The zero-order valence-corrected chi connectivity index (χ0v) is 16.6. The first kappa shape index (κ1) is 18.1. The first-order chi connectivity index (χ1) is 14.1. The van der Waals surface area contributed by atoms with Crippen LogP contribution in [-0.2, 0) is 24.7 Å². The van der Waals surface area contributed by atoms with Crippen LogP contribution in [0.4, 0.5) is 0 Å². The van der Waals surface area contributed by atoms with E-state index in [0.717, 1.165) is 31.1 Å². The summed E-state index contributed by atoms with van der Waals surface area (Å²) < 4.78 is 1.33. The number of fused-ring (bicyclic) bond motifs is 2. The largest absolute Gasteiger partial charge is 0.350 e. The third-order valence-corrected chi connectivity index (χ3v) is 6.57. The second-order valence-corrected chi connectivity index (χ2v) is 8.45. The molecule has 1 heterocycles. The molecule has 29 heavy (non-hydrogen) atoms. The number of benzene rings is 2. The van der Waals surface area contributed by atoms with E-state index in [2.05, 4.69) is 34.7 Å². The van der Waals surface area contributed by atoms with Gasteiger partial charge in [0.05, 0.1) is 17.5 Å². The minimum absolute atomic E-state index is 0.0122. The summed E-state index contributed by atoms with van der Waals surface area (Å²) in [6.07, 6.45) is 5.67. The summed E-state index contributed by atoms with van der Waals surface area (Å²) in [6, 6.07) is 16.1. The molecule has 1 atom stereocenters. The predicted octanol–water partition coefficient (Wildman–Crippen LogP) is 3.24. The van der Waals surface area contributed by atoms with Crippen molar-refractivity contribution in [3.63, 3.8) is 0 Å². The van der Waals surface area contributed by atoms with Crippen molar-refractivity contribution < 1.29 is 4.79 Å². The van der Waals surface area contributed by atoms with Gasteiger partial charge in [0, 0.05) is 23.9 Å². The first-order valence-corrected chi connectivity index (χ1v) is 10.4. The minimum atomic E-state index is -0.137. The summed E-state index contributed by atoms with van der Waals surface area (Å²) in [5.74, 6) is 0.378. The smallest absolute Gasteiger partial charge is 0.274 e. The van der Waals surface area contributed by atoms with Crippen molar-refractivity contribution in [3.05, 3.63) is 75.7 Å². The third-order valence-electron chi connectivity index (χ3n) is 6.57. The Hall–Kier alpha value is -2.95. The summed E-state index contributed by atoms with van der Waals surface area (Å²) >= 11 is 0.